The van der Waals surface area contributed by atoms with E-state index in [0.717, 1.165) is 0 Å². The first kappa shape index (κ1) is 16.9. The largest absolute Gasteiger partial charge is 0.495 e. The van der Waals surface area contributed by atoms with Gasteiger partial charge in [0.1, 0.15) is 17.7 Å². The van der Waals surface area contributed by atoms with Gasteiger partial charge in [0.05, 0.1) is 19.3 Å². The van der Waals surface area contributed by atoms with Crippen LogP contribution in [0.5, 0.6) is 5.75 Å². The molecule has 2 heterocycles. The summed E-state index contributed by atoms with van der Waals surface area (Å²) in [6, 6.07) is 6.79. The smallest absolute Gasteiger partial charge is 0.254 e. The van der Waals surface area contributed by atoms with Crippen molar-refractivity contribution in [2.75, 3.05) is 37.9 Å². The molecule has 25 heavy (non-hydrogen) atoms. The van der Waals surface area contributed by atoms with Crippen molar-refractivity contribution in [2.45, 2.75) is 12.6 Å². The first-order valence-corrected chi connectivity index (χ1v) is 8.00. The molecule has 1 amide bonds. The molecule has 1 fully saturated rings. The standard InChI is InChI=1S/C17H20FN5O2/c1-19-15-5-7-20-17(22-15)21-13-4-3-11(9-14(13)25-2)16(24)23-8-6-12(18)10-23/h3-5,7,9,12H,6,8,10H2,1-2H3,(H2,19,20,21,22)/t12-/m0/s1. The van der Waals surface area contributed by atoms with Crippen LogP contribution in [-0.4, -0.2) is 54.2 Å². The molecule has 2 aromatic rings. The average Bonchev–Trinajstić information content (AvgIpc) is 3.08. The Kier molecular flexibility index (Phi) is 4.97. The Labute approximate surface area is 145 Å². The SMILES string of the molecule is CNc1ccnc(Nc2ccc(C(=O)N3CC[C@H](F)C3)cc2OC)n1. The Balaban J connectivity index is 1.80. The number of carbonyl (C=O) groups is 1. The molecule has 1 aliphatic rings. The Hall–Kier alpha value is -2.90. The van der Waals surface area contributed by atoms with Crippen molar-refractivity contribution in [3.8, 4) is 5.75 Å². The maximum Gasteiger partial charge on any atom is 0.254 e. The molecule has 1 atom stereocenters. The number of amides is 1. The highest BCUT2D eigenvalue weighted by molar-refractivity contribution is 5.95. The Bertz CT molecular complexity index is 770. The van der Waals surface area contributed by atoms with Crippen LogP contribution in [0, 0.1) is 0 Å². The number of nitrogens with one attached hydrogen (secondary N) is 2. The van der Waals surface area contributed by atoms with Gasteiger partial charge in [-0.15, -0.1) is 0 Å². The second kappa shape index (κ2) is 7.33. The minimum Gasteiger partial charge on any atom is -0.495 e. The lowest BCUT2D eigenvalue weighted by molar-refractivity contribution is 0.0782. The van der Waals surface area contributed by atoms with Gasteiger partial charge in [-0.05, 0) is 30.7 Å². The van der Waals surface area contributed by atoms with Gasteiger partial charge in [-0.25, -0.2) is 9.37 Å². The van der Waals surface area contributed by atoms with Crippen LogP contribution in [0.2, 0.25) is 0 Å². The number of aromatic nitrogens is 2. The van der Waals surface area contributed by atoms with Gasteiger partial charge in [-0.3, -0.25) is 4.79 Å². The molecule has 0 radical (unpaired) electrons. The number of hydrogen-bond donors (Lipinski definition) is 2. The van der Waals surface area contributed by atoms with Gasteiger partial charge in [0.2, 0.25) is 5.95 Å². The number of halogens is 1. The van der Waals surface area contributed by atoms with Crippen molar-refractivity contribution in [2.24, 2.45) is 0 Å². The fraction of sp³-hybridized carbons (Fsp3) is 0.353. The first-order valence-electron chi connectivity index (χ1n) is 8.00. The summed E-state index contributed by atoms with van der Waals surface area (Å²) in [7, 11) is 3.29. The van der Waals surface area contributed by atoms with Gasteiger partial charge in [0.15, 0.2) is 0 Å². The van der Waals surface area contributed by atoms with Crippen LogP contribution in [0.1, 0.15) is 16.8 Å². The molecule has 1 aliphatic heterocycles. The third-order valence-corrected chi connectivity index (χ3v) is 4.02. The maximum atomic E-state index is 13.3. The number of alkyl halides is 1. The van der Waals surface area contributed by atoms with E-state index in [1.807, 2.05) is 0 Å². The second-order valence-corrected chi connectivity index (χ2v) is 5.69. The van der Waals surface area contributed by atoms with Crippen molar-refractivity contribution < 1.29 is 13.9 Å². The zero-order valence-corrected chi connectivity index (χ0v) is 14.1. The van der Waals surface area contributed by atoms with Gasteiger partial charge in [-0.1, -0.05) is 0 Å². The van der Waals surface area contributed by atoms with E-state index >= 15 is 0 Å². The number of nitrogens with zero attached hydrogens (tertiary/aromatic N) is 3. The van der Waals surface area contributed by atoms with Crippen LogP contribution in [0.15, 0.2) is 30.5 Å². The molecule has 1 saturated heterocycles. The summed E-state index contributed by atoms with van der Waals surface area (Å²) in [4.78, 5) is 22.4. The summed E-state index contributed by atoms with van der Waals surface area (Å²) in [6.45, 7) is 0.582. The highest BCUT2D eigenvalue weighted by Gasteiger charge is 2.27. The lowest BCUT2D eigenvalue weighted by Gasteiger charge is -2.17. The zero-order chi connectivity index (χ0) is 17.8. The highest BCUT2D eigenvalue weighted by atomic mass is 19.1. The van der Waals surface area contributed by atoms with Gasteiger partial charge in [0, 0.05) is 25.4 Å². The molecule has 0 aliphatic carbocycles. The van der Waals surface area contributed by atoms with Crippen LogP contribution in [0.4, 0.5) is 21.8 Å². The van der Waals surface area contributed by atoms with E-state index in [1.54, 1.807) is 37.5 Å². The number of anilines is 3. The lowest BCUT2D eigenvalue weighted by atomic mass is 10.1. The average molecular weight is 345 g/mol. The molecule has 132 valence electrons. The number of likely N-dealkylation sites (tertiary alicyclic amines) is 1. The first-order chi connectivity index (χ1) is 12.1. The second-order valence-electron chi connectivity index (χ2n) is 5.69. The monoisotopic (exact) mass is 345 g/mol. The molecule has 0 bridgehead atoms. The Morgan fingerprint density at radius 1 is 1.40 bits per heavy atom. The normalized spacial score (nSPS) is 16.6. The van der Waals surface area contributed by atoms with Crippen LogP contribution in [0.3, 0.4) is 0 Å². The molecule has 0 saturated carbocycles. The summed E-state index contributed by atoms with van der Waals surface area (Å²) < 4.78 is 18.7. The van der Waals surface area contributed by atoms with E-state index in [0.29, 0.717) is 41.7 Å². The molecule has 7 nitrogen and oxygen atoms in total. The van der Waals surface area contributed by atoms with Gasteiger partial charge in [0.25, 0.3) is 5.91 Å². The maximum absolute atomic E-state index is 13.3. The van der Waals surface area contributed by atoms with Crippen molar-refractivity contribution in [1.29, 1.82) is 0 Å². The van der Waals surface area contributed by atoms with Crippen molar-refractivity contribution >= 4 is 23.4 Å². The molecule has 0 unspecified atom stereocenters. The highest BCUT2D eigenvalue weighted by Crippen LogP contribution is 2.29. The molecule has 1 aromatic heterocycles. The summed E-state index contributed by atoms with van der Waals surface area (Å²) in [5, 5.41) is 6.01. The Morgan fingerprint density at radius 3 is 2.92 bits per heavy atom. The van der Waals surface area contributed by atoms with Crippen molar-refractivity contribution in [3.05, 3.63) is 36.0 Å². The number of methoxy groups -OCH3 is 1. The third kappa shape index (κ3) is 3.78. The number of benzene rings is 1. The summed E-state index contributed by atoms with van der Waals surface area (Å²) in [5.74, 6) is 1.38. The lowest BCUT2D eigenvalue weighted by Crippen LogP contribution is -2.28. The number of carbonyl (C=O) groups excluding carboxylic acids is 1. The minimum atomic E-state index is -0.941. The van der Waals surface area contributed by atoms with E-state index in [9.17, 15) is 9.18 Å². The van der Waals surface area contributed by atoms with Gasteiger partial charge in [-0.2, -0.15) is 4.98 Å². The van der Waals surface area contributed by atoms with Crippen LogP contribution < -0.4 is 15.4 Å². The summed E-state index contributed by atoms with van der Waals surface area (Å²) in [5.41, 5.74) is 1.10. The van der Waals surface area contributed by atoms with Gasteiger partial charge >= 0.3 is 0 Å². The van der Waals surface area contributed by atoms with Crippen LogP contribution in [0.25, 0.3) is 0 Å². The minimum absolute atomic E-state index is 0.145. The van der Waals surface area contributed by atoms with E-state index in [4.69, 9.17) is 4.74 Å². The number of rotatable bonds is 5. The van der Waals surface area contributed by atoms with E-state index in [-0.39, 0.29) is 12.5 Å². The molecule has 0 spiro atoms. The molecule has 1 aromatic carbocycles. The molecular weight excluding hydrogens is 325 g/mol. The van der Waals surface area contributed by atoms with Crippen LogP contribution >= 0.6 is 0 Å². The molecule has 2 N–H and O–H groups in total. The quantitative estimate of drug-likeness (QED) is 0.867. The number of hydrogen-bond acceptors (Lipinski definition) is 6. The van der Waals surface area contributed by atoms with E-state index < -0.39 is 6.17 Å². The summed E-state index contributed by atoms with van der Waals surface area (Å²) >= 11 is 0. The predicted octanol–water partition coefficient (Wildman–Crippen LogP) is 2.45. The van der Waals surface area contributed by atoms with Crippen LogP contribution in [-0.2, 0) is 0 Å². The number of ether oxygens (including phenoxy) is 1. The van der Waals surface area contributed by atoms with Gasteiger partial charge < -0.3 is 20.3 Å². The molecule has 8 heteroatoms. The van der Waals surface area contributed by atoms with Crippen molar-refractivity contribution in [1.82, 2.24) is 14.9 Å². The Morgan fingerprint density at radius 2 is 2.24 bits per heavy atom. The molecular formula is C17H20FN5O2. The predicted molar refractivity (Wildman–Crippen MR) is 93.3 cm³/mol. The van der Waals surface area contributed by atoms with E-state index in [1.165, 1.54) is 12.0 Å². The third-order valence-electron chi connectivity index (χ3n) is 4.02. The zero-order valence-electron chi connectivity index (χ0n) is 14.1. The fourth-order valence-corrected chi connectivity index (χ4v) is 2.69. The van der Waals surface area contributed by atoms with E-state index in [2.05, 4.69) is 20.6 Å². The summed E-state index contributed by atoms with van der Waals surface area (Å²) in [6.07, 6.45) is 1.08. The molecule has 3 rings (SSSR count). The topological polar surface area (TPSA) is 79.4 Å². The fourth-order valence-electron chi connectivity index (χ4n) is 2.69. The van der Waals surface area contributed by atoms with Crippen molar-refractivity contribution in [3.63, 3.8) is 0 Å².